The Hall–Kier alpha value is -1.06. The fourth-order valence-corrected chi connectivity index (χ4v) is 3.98. The molecule has 90 valence electrons. The summed E-state index contributed by atoms with van der Waals surface area (Å²) in [7, 11) is 2.06. The molecule has 2 nitrogen and oxygen atoms in total. The lowest BCUT2D eigenvalue weighted by atomic mass is 9.81. The second-order valence-electron chi connectivity index (χ2n) is 4.69. The third-order valence-corrected chi connectivity index (χ3v) is 4.77. The number of fused-ring (bicyclic) bond motifs is 1. The highest BCUT2D eigenvalue weighted by molar-refractivity contribution is 7.10. The molecule has 0 saturated carbocycles. The second-order valence-corrected chi connectivity index (χ2v) is 5.69. The molecule has 0 saturated heterocycles. The van der Waals surface area contributed by atoms with Crippen LogP contribution in [0.4, 0.5) is 0 Å². The highest BCUT2D eigenvalue weighted by Crippen LogP contribution is 2.41. The summed E-state index contributed by atoms with van der Waals surface area (Å²) in [5.41, 5.74) is 2.87. The first kappa shape index (κ1) is 11.1. The summed E-state index contributed by atoms with van der Waals surface area (Å²) in [6, 6.07) is 6.99. The van der Waals surface area contributed by atoms with E-state index in [2.05, 4.69) is 40.9 Å². The van der Waals surface area contributed by atoms with E-state index in [1.54, 1.807) is 10.4 Å². The number of nitrogens with one attached hydrogen (secondary N) is 2. The molecule has 0 spiro atoms. The molecule has 2 aromatic heterocycles. The topological polar surface area (TPSA) is 27.8 Å². The van der Waals surface area contributed by atoms with E-state index in [-0.39, 0.29) is 0 Å². The zero-order valence-corrected chi connectivity index (χ0v) is 10.9. The van der Waals surface area contributed by atoms with Crippen molar-refractivity contribution in [1.29, 1.82) is 0 Å². The maximum Gasteiger partial charge on any atom is 0.0540 e. The Morgan fingerprint density at radius 2 is 2.41 bits per heavy atom. The standard InChI is InChI=1S/C14H18N2S/c1-15-14(12-5-3-8-16-12)11-4-2-6-13-10(11)7-9-17-13/h3,5,7-9,11,14-16H,2,4,6H2,1H3. The Morgan fingerprint density at radius 1 is 1.47 bits per heavy atom. The normalized spacial score (nSPS) is 21.1. The molecule has 17 heavy (non-hydrogen) atoms. The van der Waals surface area contributed by atoms with Crippen LogP contribution in [-0.2, 0) is 6.42 Å². The van der Waals surface area contributed by atoms with Crippen LogP contribution in [0, 0.1) is 0 Å². The first-order chi connectivity index (χ1) is 8.40. The van der Waals surface area contributed by atoms with Crippen LogP contribution in [0.2, 0.25) is 0 Å². The number of H-pyrrole nitrogens is 1. The lowest BCUT2D eigenvalue weighted by molar-refractivity contribution is 0.422. The minimum Gasteiger partial charge on any atom is -0.364 e. The summed E-state index contributed by atoms with van der Waals surface area (Å²) in [6.07, 6.45) is 5.88. The van der Waals surface area contributed by atoms with E-state index in [1.807, 2.05) is 17.5 Å². The van der Waals surface area contributed by atoms with Crippen LogP contribution in [-0.4, -0.2) is 12.0 Å². The zero-order valence-electron chi connectivity index (χ0n) is 10.1. The molecular weight excluding hydrogens is 228 g/mol. The Bertz CT molecular complexity index is 472. The number of aromatic nitrogens is 1. The van der Waals surface area contributed by atoms with Gasteiger partial charge in [0, 0.05) is 22.7 Å². The third-order valence-electron chi connectivity index (χ3n) is 3.77. The molecule has 0 radical (unpaired) electrons. The fourth-order valence-electron chi connectivity index (χ4n) is 2.98. The average molecular weight is 246 g/mol. The Balaban J connectivity index is 1.94. The number of hydrogen-bond donors (Lipinski definition) is 2. The van der Waals surface area contributed by atoms with Crippen molar-refractivity contribution in [3.05, 3.63) is 45.9 Å². The number of rotatable bonds is 3. The van der Waals surface area contributed by atoms with Crippen LogP contribution in [0.25, 0.3) is 0 Å². The number of aryl methyl sites for hydroxylation is 1. The van der Waals surface area contributed by atoms with Gasteiger partial charge in [-0.2, -0.15) is 0 Å². The van der Waals surface area contributed by atoms with E-state index in [4.69, 9.17) is 0 Å². The lowest BCUT2D eigenvalue weighted by Gasteiger charge is -2.30. The van der Waals surface area contributed by atoms with E-state index in [0.29, 0.717) is 12.0 Å². The smallest absolute Gasteiger partial charge is 0.0540 e. The van der Waals surface area contributed by atoms with Crippen molar-refractivity contribution in [1.82, 2.24) is 10.3 Å². The minimum atomic E-state index is 0.415. The molecule has 2 atom stereocenters. The van der Waals surface area contributed by atoms with Gasteiger partial charge < -0.3 is 10.3 Å². The molecule has 0 aromatic carbocycles. The summed E-state index contributed by atoms with van der Waals surface area (Å²) in [6.45, 7) is 0. The van der Waals surface area contributed by atoms with Crippen LogP contribution in [0.3, 0.4) is 0 Å². The van der Waals surface area contributed by atoms with Crippen molar-refractivity contribution < 1.29 is 0 Å². The van der Waals surface area contributed by atoms with Crippen molar-refractivity contribution >= 4 is 11.3 Å². The molecule has 0 bridgehead atoms. The molecule has 0 aliphatic heterocycles. The monoisotopic (exact) mass is 246 g/mol. The summed E-state index contributed by atoms with van der Waals surface area (Å²) in [5.74, 6) is 0.619. The van der Waals surface area contributed by atoms with Crippen molar-refractivity contribution in [2.45, 2.75) is 31.2 Å². The first-order valence-corrected chi connectivity index (χ1v) is 7.15. The summed E-state index contributed by atoms with van der Waals surface area (Å²) in [5, 5.41) is 5.72. The molecule has 1 aliphatic rings. The Morgan fingerprint density at radius 3 is 3.18 bits per heavy atom. The van der Waals surface area contributed by atoms with E-state index < -0.39 is 0 Å². The predicted molar refractivity (Wildman–Crippen MR) is 72.6 cm³/mol. The fraction of sp³-hybridized carbons (Fsp3) is 0.429. The molecule has 2 unspecified atom stereocenters. The van der Waals surface area contributed by atoms with Gasteiger partial charge in [0.05, 0.1) is 6.04 Å². The number of hydrogen-bond acceptors (Lipinski definition) is 2. The van der Waals surface area contributed by atoms with Gasteiger partial charge in [-0.25, -0.2) is 0 Å². The van der Waals surface area contributed by atoms with Crippen molar-refractivity contribution in [2.24, 2.45) is 0 Å². The maximum absolute atomic E-state index is 3.48. The molecular formula is C14H18N2S. The van der Waals surface area contributed by atoms with Crippen LogP contribution in [0.5, 0.6) is 0 Å². The van der Waals surface area contributed by atoms with Crippen LogP contribution < -0.4 is 5.32 Å². The van der Waals surface area contributed by atoms with Gasteiger partial charge in [0.25, 0.3) is 0 Å². The van der Waals surface area contributed by atoms with Gasteiger partial charge in [-0.05, 0) is 55.5 Å². The van der Waals surface area contributed by atoms with Crippen molar-refractivity contribution in [2.75, 3.05) is 7.05 Å². The van der Waals surface area contributed by atoms with Gasteiger partial charge in [-0.3, -0.25) is 0 Å². The van der Waals surface area contributed by atoms with Crippen molar-refractivity contribution in [3.63, 3.8) is 0 Å². The molecule has 0 fully saturated rings. The minimum absolute atomic E-state index is 0.415. The van der Waals surface area contributed by atoms with Crippen LogP contribution >= 0.6 is 11.3 Å². The molecule has 2 heterocycles. The van der Waals surface area contributed by atoms with E-state index in [1.165, 1.54) is 25.0 Å². The SMILES string of the molecule is CNC(c1ccc[nH]1)C1CCCc2sccc21. The average Bonchev–Trinajstić information content (AvgIpc) is 3.00. The lowest BCUT2D eigenvalue weighted by Crippen LogP contribution is -2.26. The molecule has 0 amide bonds. The highest BCUT2D eigenvalue weighted by atomic mass is 32.1. The van der Waals surface area contributed by atoms with Gasteiger partial charge >= 0.3 is 0 Å². The van der Waals surface area contributed by atoms with Crippen LogP contribution in [0.1, 0.15) is 40.9 Å². The van der Waals surface area contributed by atoms with E-state index in [0.717, 1.165) is 0 Å². The van der Waals surface area contributed by atoms with Crippen molar-refractivity contribution in [3.8, 4) is 0 Å². The largest absolute Gasteiger partial charge is 0.364 e. The number of thiophene rings is 1. The second kappa shape index (κ2) is 4.67. The quantitative estimate of drug-likeness (QED) is 0.853. The van der Waals surface area contributed by atoms with Gasteiger partial charge in [0.1, 0.15) is 0 Å². The summed E-state index contributed by atoms with van der Waals surface area (Å²) in [4.78, 5) is 4.94. The predicted octanol–water partition coefficient (Wildman–Crippen LogP) is 3.46. The summed E-state index contributed by atoms with van der Waals surface area (Å²) >= 11 is 1.92. The first-order valence-electron chi connectivity index (χ1n) is 6.27. The van der Waals surface area contributed by atoms with Gasteiger partial charge in [0.15, 0.2) is 0 Å². The Labute approximate surface area is 106 Å². The molecule has 2 aromatic rings. The number of likely N-dealkylation sites (N-methyl/N-ethyl adjacent to an activating group) is 1. The zero-order chi connectivity index (χ0) is 11.7. The Kier molecular flexibility index (Phi) is 3.04. The highest BCUT2D eigenvalue weighted by Gasteiger charge is 2.29. The third kappa shape index (κ3) is 1.94. The van der Waals surface area contributed by atoms with E-state index in [9.17, 15) is 0 Å². The molecule has 2 N–H and O–H groups in total. The van der Waals surface area contributed by atoms with E-state index >= 15 is 0 Å². The van der Waals surface area contributed by atoms with Gasteiger partial charge in [-0.1, -0.05) is 0 Å². The molecule has 3 rings (SSSR count). The van der Waals surface area contributed by atoms with Gasteiger partial charge in [0.2, 0.25) is 0 Å². The summed E-state index contributed by atoms with van der Waals surface area (Å²) < 4.78 is 0. The number of aromatic amines is 1. The molecule has 1 aliphatic carbocycles. The van der Waals surface area contributed by atoms with Gasteiger partial charge in [-0.15, -0.1) is 11.3 Å². The molecule has 3 heteroatoms. The van der Waals surface area contributed by atoms with Crippen LogP contribution in [0.15, 0.2) is 29.8 Å². The maximum atomic E-state index is 3.48.